The number of Topliss-reactive ketones (excluding diaryl/α,β-unsaturated/α-hetero) is 3. The van der Waals surface area contributed by atoms with Crippen LogP contribution in [0.4, 0.5) is 0 Å². The highest BCUT2D eigenvalue weighted by molar-refractivity contribution is 6.04. The second-order valence-corrected chi connectivity index (χ2v) is 14.3. The fraction of sp³-hybridized carbons (Fsp3) is 0.314. The average Bonchev–Trinajstić information content (AvgIpc) is 3.34. The molecule has 346 valence electrons. The quantitative estimate of drug-likeness (QED) is 0.0315. The topological polar surface area (TPSA) is 231 Å². The number of aliphatic imine (C=N–C) groups is 1. The highest BCUT2D eigenvalue weighted by Crippen LogP contribution is 2.31. The highest BCUT2D eigenvalue weighted by Gasteiger charge is 2.14. The normalized spacial score (nSPS) is 10.3. The Kier molecular flexibility index (Phi) is 24.1. The molecule has 0 aromatic heterocycles. The number of benzene rings is 5. The standard InChI is InChI=1S/C21H25NO4.C11H15NO2.C10H12O3.C9H9NO2/c1-4-19(18-11-12-20(24)14(2)21(18)25)22-13-16(23)8-5-15-6-9-17(26-3)10-7-15;1-14-11-6-3-9(4-7-11)2-5-10(13)8-12;1-3-8(11)7-4-5-9(12)6(2)10(7)13;1-11-9-4-2-8(3-5-9)6-12-7-10/h6-7,9-12,24-25H,4-5,8,13H2,1-3H3;3-4,6-7H,2,5,8,12H2,1H3;4-5,12-13H,3H2,1-2H3;2-5H,6H2,1H3. The zero-order chi connectivity index (χ0) is 48.3. The molecule has 0 aliphatic carbocycles. The highest BCUT2D eigenvalue weighted by atomic mass is 16.5. The largest absolute Gasteiger partial charge is 0.508 e. The summed E-state index contributed by atoms with van der Waals surface area (Å²) in [6.07, 6.45) is 4.88. The van der Waals surface area contributed by atoms with Gasteiger partial charge in [0.05, 0.1) is 40.0 Å². The molecular formula is C51H61N3O11. The number of phenols is 4. The van der Waals surface area contributed by atoms with Crippen LogP contribution in [0.2, 0.25) is 0 Å². The Morgan fingerprint density at radius 2 is 1.02 bits per heavy atom. The third-order valence-corrected chi connectivity index (χ3v) is 9.91. The maximum absolute atomic E-state index is 12.2. The van der Waals surface area contributed by atoms with E-state index < -0.39 is 0 Å². The lowest BCUT2D eigenvalue weighted by Gasteiger charge is -2.10. The number of nitrogens with two attached hydrogens (primary N) is 1. The van der Waals surface area contributed by atoms with Gasteiger partial charge in [0, 0.05) is 41.7 Å². The van der Waals surface area contributed by atoms with E-state index in [2.05, 4.69) is 9.73 Å². The molecule has 0 aliphatic rings. The van der Waals surface area contributed by atoms with E-state index in [1.54, 1.807) is 54.4 Å². The number of methoxy groups -OCH3 is 3. The first-order chi connectivity index (χ1) is 31.2. The minimum atomic E-state index is -0.124. The van der Waals surface area contributed by atoms with Gasteiger partial charge in [-0.15, -0.1) is 0 Å². The molecule has 0 unspecified atom stereocenters. The van der Waals surface area contributed by atoms with Gasteiger partial charge in [0.1, 0.15) is 52.6 Å². The summed E-state index contributed by atoms with van der Waals surface area (Å²) in [5, 5.41) is 46.7. The van der Waals surface area contributed by atoms with Crippen LogP contribution in [0.15, 0.2) is 102 Å². The number of carbonyl (C=O) groups excluding carboxylic acids is 3. The Labute approximate surface area is 381 Å². The first-order valence-electron chi connectivity index (χ1n) is 20.9. The molecule has 0 fully saturated rings. The summed E-state index contributed by atoms with van der Waals surface area (Å²) < 4.78 is 19.7. The Balaban J connectivity index is 0.000000318. The van der Waals surface area contributed by atoms with Gasteiger partial charge in [-0.3, -0.25) is 19.4 Å². The molecule has 14 nitrogen and oxygen atoms in total. The first kappa shape index (κ1) is 53.8. The molecule has 0 spiro atoms. The number of rotatable bonds is 18. The van der Waals surface area contributed by atoms with E-state index in [-0.39, 0.29) is 59.0 Å². The van der Waals surface area contributed by atoms with Gasteiger partial charge < -0.3 is 45.1 Å². The summed E-state index contributed by atoms with van der Waals surface area (Å²) in [5.41, 5.74) is 10.6. The lowest BCUT2D eigenvalue weighted by atomic mass is 10.0. The van der Waals surface area contributed by atoms with Gasteiger partial charge in [-0.1, -0.05) is 50.2 Å². The second-order valence-electron chi connectivity index (χ2n) is 14.3. The molecule has 0 radical (unpaired) electrons. The summed E-state index contributed by atoms with van der Waals surface area (Å²) >= 11 is 0. The molecule has 0 saturated heterocycles. The van der Waals surface area contributed by atoms with Crippen molar-refractivity contribution in [2.45, 2.75) is 72.8 Å². The maximum Gasteiger partial charge on any atom is 0.286 e. The van der Waals surface area contributed by atoms with Crippen molar-refractivity contribution >= 4 is 23.1 Å². The van der Waals surface area contributed by atoms with Crippen molar-refractivity contribution in [3.05, 3.63) is 136 Å². The van der Waals surface area contributed by atoms with Crippen LogP contribution in [0, 0.1) is 25.4 Å². The maximum atomic E-state index is 12.2. The van der Waals surface area contributed by atoms with Gasteiger partial charge in [-0.05, 0) is 110 Å². The molecule has 14 heteroatoms. The van der Waals surface area contributed by atoms with Gasteiger partial charge in [0.15, 0.2) is 11.6 Å². The van der Waals surface area contributed by atoms with E-state index in [0.29, 0.717) is 61.1 Å². The lowest BCUT2D eigenvalue weighted by molar-refractivity contribution is -0.118. The minimum Gasteiger partial charge on any atom is -0.508 e. The van der Waals surface area contributed by atoms with E-state index in [0.717, 1.165) is 40.4 Å². The number of hydrogen-bond acceptors (Lipinski definition) is 14. The molecular weight excluding hydrogens is 831 g/mol. The summed E-state index contributed by atoms with van der Waals surface area (Å²) in [7, 11) is 4.86. The third-order valence-electron chi connectivity index (χ3n) is 9.91. The zero-order valence-corrected chi connectivity index (χ0v) is 38.2. The molecule has 6 N–H and O–H groups in total. The van der Waals surface area contributed by atoms with Crippen molar-refractivity contribution in [1.29, 1.82) is 5.26 Å². The molecule has 5 aromatic carbocycles. The molecule has 0 atom stereocenters. The number of ether oxygens (including phenoxy) is 4. The van der Waals surface area contributed by atoms with Gasteiger partial charge in [0.25, 0.3) is 6.26 Å². The number of phenolic OH excluding ortho intramolecular Hbond substituents is 4. The van der Waals surface area contributed by atoms with Crippen molar-refractivity contribution in [2.24, 2.45) is 10.7 Å². The predicted octanol–water partition coefficient (Wildman–Crippen LogP) is 8.66. The molecule has 0 amide bonds. The van der Waals surface area contributed by atoms with Gasteiger partial charge in [0.2, 0.25) is 0 Å². The van der Waals surface area contributed by atoms with Crippen LogP contribution in [-0.4, -0.2) is 77.9 Å². The zero-order valence-electron chi connectivity index (χ0n) is 38.2. The first-order valence-corrected chi connectivity index (χ1v) is 20.9. The average molecular weight is 892 g/mol. The molecule has 5 aromatic rings. The van der Waals surface area contributed by atoms with Crippen molar-refractivity contribution in [2.75, 3.05) is 34.4 Å². The van der Waals surface area contributed by atoms with E-state index in [9.17, 15) is 34.8 Å². The van der Waals surface area contributed by atoms with E-state index in [1.165, 1.54) is 18.2 Å². The fourth-order valence-corrected chi connectivity index (χ4v) is 5.77. The fourth-order valence-electron chi connectivity index (χ4n) is 5.77. The molecule has 0 heterocycles. The van der Waals surface area contributed by atoms with Crippen LogP contribution >= 0.6 is 0 Å². The van der Waals surface area contributed by atoms with Crippen LogP contribution in [0.5, 0.6) is 40.2 Å². The smallest absolute Gasteiger partial charge is 0.286 e. The van der Waals surface area contributed by atoms with E-state index in [4.69, 9.17) is 25.2 Å². The monoisotopic (exact) mass is 891 g/mol. The summed E-state index contributed by atoms with van der Waals surface area (Å²) in [6, 6.07) is 28.7. The number of aromatic hydroxyl groups is 4. The van der Waals surface area contributed by atoms with E-state index in [1.807, 2.05) is 79.7 Å². The summed E-state index contributed by atoms with van der Waals surface area (Å²) in [4.78, 5) is 38.8. The third kappa shape index (κ3) is 18.5. The molecule has 0 saturated carbocycles. The summed E-state index contributed by atoms with van der Waals surface area (Å²) in [5.74, 6) is 2.38. The van der Waals surface area contributed by atoms with Crippen molar-refractivity contribution in [1.82, 2.24) is 0 Å². The predicted molar refractivity (Wildman–Crippen MR) is 250 cm³/mol. The molecule has 65 heavy (non-hydrogen) atoms. The number of nitriles is 1. The van der Waals surface area contributed by atoms with Crippen molar-refractivity contribution in [3.63, 3.8) is 0 Å². The van der Waals surface area contributed by atoms with Crippen LogP contribution in [-0.2, 0) is 33.8 Å². The van der Waals surface area contributed by atoms with Crippen LogP contribution in [0.25, 0.3) is 0 Å². The SMILES string of the molecule is CCC(=NCC(=O)CCc1ccc(OC)cc1)c1ccc(O)c(C)c1O.CCC(=O)c1ccc(O)c(C)c1O.COc1ccc(CCC(=O)CN)cc1.COc1ccc(COC#N)cc1. The van der Waals surface area contributed by atoms with Crippen LogP contribution in [0.3, 0.4) is 0 Å². The number of carbonyl (C=O) groups is 3. The van der Waals surface area contributed by atoms with Crippen molar-refractivity contribution < 1.29 is 53.8 Å². The Morgan fingerprint density at radius 1 is 0.600 bits per heavy atom. The summed E-state index contributed by atoms with van der Waals surface area (Å²) in [6.45, 7) is 7.39. The number of aryl methyl sites for hydroxylation is 2. The Morgan fingerprint density at radius 3 is 1.42 bits per heavy atom. The van der Waals surface area contributed by atoms with Gasteiger partial charge >= 0.3 is 0 Å². The van der Waals surface area contributed by atoms with Crippen molar-refractivity contribution in [3.8, 4) is 46.5 Å². The molecule has 0 bridgehead atoms. The van der Waals surface area contributed by atoms with Crippen LogP contribution in [0.1, 0.15) is 83.3 Å². The minimum absolute atomic E-state index is 0.00477. The number of hydrogen-bond donors (Lipinski definition) is 5. The van der Waals surface area contributed by atoms with Gasteiger partial charge in [-0.2, -0.15) is 5.26 Å². The Hall–Kier alpha value is -7.37. The van der Waals surface area contributed by atoms with E-state index >= 15 is 0 Å². The second kappa shape index (κ2) is 29.1. The number of ketones is 3. The van der Waals surface area contributed by atoms with Crippen LogP contribution < -0.4 is 19.9 Å². The van der Waals surface area contributed by atoms with Gasteiger partial charge in [-0.25, -0.2) is 0 Å². The molecule has 5 rings (SSSR count). The Bertz CT molecular complexity index is 2340. The lowest BCUT2D eigenvalue weighted by Crippen LogP contribution is -2.13. The number of nitrogens with zero attached hydrogens (tertiary/aromatic N) is 2. The molecule has 0 aliphatic heterocycles.